The van der Waals surface area contributed by atoms with Crippen molar-refractivity contribution < 1.29 is 24.0 Å². The summed E-state index contributed by atoms with van der Waals surface area (Å²) in [5, 5.41) is 11.6. The number of methoxy groups -OCH3 is 2. The highest BCUT2D eigenvalue weighted by Gasteiger charge is 2.44. The molecular formula is C21H24N2O6S2. The molecular weight excluding hydrogens is 440 g/mol. The molecule has 0 bridgehead atoms. The van der Waals surface area contributed by atoms with Crippen molar-refractivity contribution in [2.24, 2.45) is 10.9 Å². The van der Waals surface area contributed by atoms with Crippen LogP contribution in [-0.2, 0) is 19.1 Å². The molecule has 1 fully saturated rings. The van der Waals surface area contributed by atoms with Crippen LogP contribution in [-0.4, -0.2) is 48.3 Å². The molecule has 1 saturated heterocycles. The number of rotatable bonds is 5. The summed E-state index contributed by atoms with van der Waals surface area (Å²) in [4.78, 5) is 41.1. The van der Waals surface area contributed by atoms with Crippen LogP contribution in [0, 0.1) is 16.0 Å². The van der Waals surface area contributed by atoms with Crippen molar-refractivity contribution in [1.82, 2.24) is 0 Å². The van der Waals surface area contributed by atoms with E-state index in [9.17, 15) is 19.7 Å². The average molecular weight is 465 g/mol. The summed E-state index contributed by atoms with van der Waals surface area (Å²) in [6, 6.07) is 4.68. The van der Waals surface area contributed by atoms with Gasteiger partial charge in [-0.2, -0.15) is 0 Å². The van der Waals surface area contributed by atoms with Crippen LogP contribution in [0.2, 0.25) is 0 Å². The number of benzene rings is 1. The summed E-state index contributed by atoms with van der Waals surface area (Å²) in [6.45, 7) is 3.38. The molecule has 0 N–H and O–H groups in total. The number of ether oxygens (including phenoxy) is 2. The number of esters is 2. The Hall–Kier alpha value is -2.33. The third kappa shape index (κ3) is 4.64. The minimum Gasteiger partial charge on any atom is -0.468 e. The summed E-state index contributed by atoms with van der Waals surface area (Å²) in [6.07, 6.45) is 1.08. The maximum absolute atomic E-state index is 12.8. The van der Waals surface area contributed by atoms with Crippen molar-refractivity contribution in [2.75, 3.05) is 25.7 Å². The smallest absolute Gasteiger partial charge is 0.336 e. The Labute approximate surface area is 189 Å². The number of allylic oxidation sites excluding steroid dienone is 1. The lowest BCUT2D eigenvalue weighted by molar-refractivity contribution is -0.384. The van der Waals surface area contributed by atoms with E-state index >= 15 is 0 Å². The fourth-order valence-corrected chi connectivity index (χ4v) is 6.99. The summed E-state index contributed by atoms with van der Waals surface area (Å²) in [5.41, 5.74) is 2.46. The Morgan fingerprint density at radius 3 is 2.39 bits per heavy atom. The zero-order valence-corrected chi connectivity index (χ0v) is 19.4. The first kappa shape index (κ1) is 23.3. The molecule has 0 spiro atoms. The van der Waals surface area contributed by atoms with Gasteiger partial charge in [-0.05, 0) is 49.0 Å². The summed E-state index contributed by atoms with van der Waals surface area (Å²) in [5.74, 6) is -0.912. The molecule has 166 valence electrons. The summed E-state index contributed by atoms with van der Waals surface area (Å²) < 4.78 is 10.1. The normalized spacial score (nSPS) is 22.0. The van der Waals surface area contributed by atoms with E-state index in [2.05, 4.69) is 4.99 Å². The number of thioether (sulfide) groups is 2. The first-order valence-electron chi connectivity index (χ1n) is 9.73. The molecule has 2 aliphatic heterocycles. The van der Waals surface area contributed by atoms with Gasteiger partial charge in [0, 0.05) is 29.5 Å². The van der Waals surface area contributed by atoms with Crippen molar-refractivity contribution in [1.29, 1.82) is 0 Å². The van der Waals surface area contributed by atoms with Crippen LogP contribution < -0.4 is 0 Å². The van der Waals surface area contributed by atoms with Crippen LogP contribution >= 0.6 is 23.5 Å². The molecule has 0 radical (unpaired) electrons. The molecule has 2 heterocycles. The SMILES string of the molecule is COC(=O)C1=C(C)N=C(C)C(C(=O)OC)C1c1cc([N+](=O)[O-])ccc1C1SCCCS1. The van der Waals surface area contributed by atoms with Gasteiger partial charge < -0.3 is 9.47 Å². The monoisotopic (exact) mass is 464 g/mol. The van der Waals surface area contributed by atoms with Gasteiger partial charge in [0.1, 0.15) is 5.92 Å². The van der Waals surface area contributed by atoms with E-state index < -0.39 is 28.7 Å². The molecule has 1 aromatic carbocycles. The van der Waals surface area contributed by atoms with Gasteiger partial charge in [-0.3, -0.25) is 19.9 Å². The molecule has 2 atom stereocenters. The van der Waals surface area contributed by atoms with E-state index in [0.29, 0.717) is 17.0 Å². The molecule has 10 heteroatoms. The lowest BCUT2D eigenvalue weighted by Gasteiger charge is -2.33. The van der Waals surface area contributed by atoms with E-state index in [4.69, 9.17) is 9.47 Å². The fraction of sp³-hybridized carbons (Fsp3) is 0.476. The van der Waals surface area contributed by atoms with E-state index in [1.807, 2.05) is 0 Å². The number of nitro groups is 1. The second kappa shape index (κ2) is 9.86. The molecule has 2 unspecified atom stereocenters. The van der Waals surface area contributed by atoms with Crippen LogP contribution in [0.15, 0.2) is 34.5 Å². The highest BCUT2D eigenvalue weighted by molar-refractivity contribution is 8.16. The van der Waals surface area contributed by atoms with Gasteiger partial charge in [0.05, 0.1) is 29.3 Å². The largest absolute Gasteiger partial charge is 0.468 e. The number of hydrogen-bond acceptors (Lipinski definition) is 9. The maximum atomic E-state index is 12.8. The second-order valence-corrected chi connectivity index (χ2v) is 9.94. The minimum absolute atomic E-state index is 0.0428. The zero-order valence-electron chi connectivity index (χ0n) is 17.7. The van der Waals surface area contributed by atoms with E-state index in [-0.39, 0.29) is 15.8 Å². The number of aliphatic imine (C=N–C) groups is 1. The average Bonchev–Trinajstić information content (AvgIpc) is 2.77. The third-order valence-electron chi connectivity index (χ3n) is 5.39. The molecule has 0 saturated carbocycles. The highest BCUT2D eigenvalue weighted by atomic mass is 32.2. The topological polar surface area (TPSA) is 108 Å². The summed E-state index contributed by atoms with van der Waals surface area (Å²) in [7, 11) is 2.54. The second-order valence-electron chi connectivity index (χ2n) is 7.22. The standard InChI is InChI=1S/C21H24N2O6S2/c1-11-16(19(24)28-3)18(17(12(2)22-11)20(25)29-4)15-10-13(23(26)27)6-7-14(15)21-30-8-5-9-31-21/h6-7,10,16,18,21H,5,8-9H2,1-4H3. The Morgan fingerprint density at radius 2 is 1.81 bits per heavy atom. The fourth-order valence-electron chi connectivity index (χ4n) is 4.01. The lowest BCUT2D eigenvalue weighted by Crippen LogP contribution is -2.36. The first-order chi connectivity index (χ1) is 14.8. The molecule has 0 aliphatic carbocycles. The number of nitrogens with zero attached hydrogens (tertiary/aromatic N) is 2. The first-order valence-corrected chi connectivity index (χ1v) is 11.8. The van der Waals surface area contributed by atoms with Gasteiger partial charge >= 0.3 is 11.9 Å². The molecule has 8 nitrogen and oxygen atoms in total. The van der Waals surface area contributed by atoms with E-state index in [0.717, 1.165) is 23.5 Å². The predicted octanol–water partition coefficient (Wildman–Crippen LogP) is 4.26. The van der Waals surface area contributed by atoms with Gasteiger partial charge in [0.2, 0.25) is 0 Å². The van der Waals surface area contributed by atoms with E-state index in [1.54, 1.807) is 43.4 Å². The Bertz CT molecular complexity index is 969. The number of carbonyl (C=O) groups is 2. The highest BCUT2D eigenvalue weighted by Crippen LogP contribution is 2.50. The van der Waals surface area contributed by atoms with Crippen molar-refractivity contribution >= 4 is 46.9 Å². The molecule has 1 aromatic rings. The molecule has 31 heavy (non-hydrogen) atoms. The maximum Gasteiger partial charge on any atom is 0.336 e. The van der Waals surface area contributed by atoms with Crippen molar-refractivity contribution in [3.8, 4) is 0 Å². The van der Waals surface area contributed by atoms with Crippen LogP contribution in [0.1, 0.15) is 41.9 Å². The number of nitro benzene ring substituents is 1. The number of carbonyl (C=O) groups excluding carboxylic acids is 2. The minimum atomic E-state index is -0.887. The van der Waals surface area contributed by atoms with Crippen LogP contribution in [0.4, 0.5) is 5.69 Å². The van der Waals surface area contributed by atoms with Crippen molar-refractivity contribution in [3.63, 3.8) is 0 Å². The van der Waals surface area contributed by atoms with Crippen molar-refractivity contribution in [2.45, 2.75) is 30.8 Å². The molecule has 0 amide bonds. The Balaban J connectivity index is 2.29. The van der Waals surface area contributed by atoms with E-state index in [1.165, 1.54) is 26.4 Å². The van der Waals surface area contributed by atoms with Crippen LogP contribution in [0.25, 0.3) is 0 Å². The Morgan fingerprint density at radius 1 is 1.13 bits per heavy atom. The molecule has 0 aromatic heterocycles. The predicted molar refractivity (Wildman–Crippen MR) is 121 cm³/mol. The quantitative estimate of drug-likeness (QED) is 0.361. The van der Waals surface area contributed by atoms with Gasteiger partial charge in [0.15, 0.2) is 0 Å². The van der Waals surface area contributed by atoms with Crippen molar-refractivity contribution in [3.05, 3.63) is 50.7 Å². The van der Waals surface area contributed by atoms with Crippen LogP contribution in [0.5, 0.6) is 0 Å². The molecule has 2 aliphatic rings. The third-order valence-corrected chi connectivity index (χ3v) is 8.36. The number of hydrogen-bond donors (Lipinski definition) is 0. The number of non-ortho nitro benzene ring substituents is 1. The van der Waals surface area contributed by atoms with Gasteiger partial charge in [-0.1, -0.05) is 0 Å². The summed E-state index contributed by atoms with van der Waals surface area (Å²) >= 11 is 3.51. The zero-order chi connectivity index (χ0) is 22.7. The van der Waals surface area contributed by atoms with Gasteiger partial charge in [-0.25, -0.2) is 4.79 Å². The van der Waals surface area contributed by atoms with Gasteiger partial charge in [-0.15, -0.1) is 23.5 Å². The lowest BCUT2D eigenvalue weighted by atomic mass is 9.74. The van der Waals surface area contributed by atoms with Crippen LogP contribution in [0.3, 0.4) is 0 Å². The Kier molecular flexibility index (Phi) is 7.42. The molecule has 3 rings (SSSR count). The van der Waals surface area contributed by atoms with Gasteiger partial charge in [0.25, 0.3) is 5.69 Å².